The third kappa shape index (κ3) is 6.20. The molecule has 0 N–H and O–H groups in total. The summed E-state index contributed by atoms with van der Waals surface area (Å²) < 4.78 is 15.1. The van der Waals surface area contributed by atoms with Crippen LogP contribution in [-0.4, -0.2) is 44.5 Å². The van der Waals surface area contributed by atoms with Gasteiger partial charge in [-0.05, 0) is 18.6 Å². The molecule has 1 aromatic heterocycles. The van der Waals surface area contributed by atoms with E-state index >= 15 is 0 Å². The predicted molar refractivity (Wildman–Crippen MR) is 71.9 cm³/mol. The molecule has 0 amide bonds. The molecule has 0 bridgehead atoms. The lowest BCUT2D eigenvalue weighted by atomic mass is 10.3. The number of nitrogens with zero attached hydrogens (tertiary/aromatic N) is 1. The Kier molecular flexibility index (Phi) is 7.74. The van der Waals surface area contributed by atoms with Crippen molar-refractivity contribution in [1.29, 1.82) is 0 Å². The monoisotopic (exact) mass is 307 g/mol. The number of methoxy groups -OCH3 is 1. The molecule has 0 aliphatic rings. The van der Waals surface area contributed by atoms with Crippen molar-refractivity contribution in [1.82, 2.24) is 4.98 Å². The summed E-state index contributed by atoms with van der Waals surface area (Å²) in [6, 6.07) is 2.95. The first-order chi connectivity index (χ1) is 9.15. The van der Waals surface area contributed by atoms with Crippen LogP contribution in [0.5, 0.6) is 0 Å². The fourth-order valence-corrected chi connectivity index (χ4v) is 1.66. The Bertz CT molecular complexity index is 415. The Balaban J connectivity index is 2.24. The maximum atomic E-state index is 11.6. The van der Waals surface area contributed by atoms with Crippen molar-refractivity contribution < 1.29 is 19.0 Å². The Morgan fingerprint density at radius 1 is 1.21 bits per heavy atom. The fourth-order valence-electron chi connectivity index (χ4n) is 1.24. The molecule has 19 heavy (non-hydrogen) atoms. The van der Waals surface area contributed by atoms with Gasteiger partial charge in [-0.3, -0.25) is 0 Å². The molecule has 0 aliphatic heterocycles. The van der Waals surface area contributed by atoms with Gasteiger partial charge in [0.2, 0.25) is 0 Å². The van der Waals surface area contributed by atoms with E-state index in [0.29, 0.717) is 19.8 Å². The highest BCUT2D eigenvalue weighted by Gasteiger charge is 2.13. The summed E-state index contributed by atoms with van der Waals surface area (Å²) in [4.78, 5) is 15.4. The second kappa shape index (κ2) is 9.09. The highest BCUT2D eigenvalue weighted by molar-refractivity contribution is 6.34. The van der Waals surface area contributed by atoms with Crippen LogP contribution in [0, 0.1) is 0 Å². The third-order valence-electron chi connectivity index (χ3n) is 2.13. The molecule has 0 atom stereocenters. The van der Waals surface area contributed by atoms with E-state index in [1.807, 2.05) is 0 Å². The van der Waals surface area contributed by atoms with E-state index in [2.05, 4.69) is 4.98 Å². The first kappa shape index (κ1) is 16.2. The summed E-state index contributed by atoms with van der Waals surface area (Å²) in [6.07, 6.45) is 0.803. The number of ether oxygens (including phenoxy) is 3. The molecule has 1 rings (SSSR count). The van der Waals surface area contributed by atoms with E-state index in [1.54, 1.807) is 7.11 Å². The Labute approximate surface area is 121 Å². The van der Waals surface area contributed by atoms with Crippen molar-refractivity contribution in [3.05, 3.63) is 28.0 Å². The predicted octanol–water partition coefficient (Wildman–Crippen LogP) is 2.60. The first-order valence-corrected chi connectivity index (χ1v) is 6.46. The van der Waals surface area contributed by atoms with Gasteiger partial charge in [0.15, 0.2) is 0 Å². The lowest BCUT2D eigenvalue weighted by Crippen LogP contribution is -2.12. The van der Waals surface area contributed by atoms with Crippen molar-refractivity contribution in [2.24, 2.45) is 0 Å². The van der Waals surface area contributed by atoms with E-state index in [4.69, 9.17) is 37.4 Å². The van der Waals surface area contributed by atoms with Gasteiger partial charge in [-0.25, -0.2) is 9.78 Å². The molecular weight excluding hydrogens is 293 g/mol. The number of hydrogen-bond acceptors (Lipinski definition) is 5. The van der Waals surface area contributed by atoms with E-state index < -0.39 is 5.97 Å². The maximum absolute atomic E-state index is 11.6. The molecule has 0 radical (unpaired) electrons. The second-order valence-corrected chi connectivity index (χ2v) is 4.31. The van der Waals surface area contributed by atoms with Gasteiger partial charge in [0, 0.05) is 20.3 Å². The molecule has 0 spiro atoms. The van der Waals surface area contributed by atoms with Crippen LogP contribution >= 0.6 is 23.2 Å². The molecule has 1 heterocycles. The average Bonchev–Trinajstić information content (AvgIpc) is 2.37. The molecule has 0 aliphatic carbocycles. The summed E-state index contributed by atoms with van der Waals surface area (Å²) >= 11 is 11.4. The van der Waals surface area contributed by atoms with Crippen molar-refractivity contribution in [2.75, 3.05) is 33.5 Å². The summed E-state index contributed by atoms with van der Waals surface area (Å²) in [5, 5.41) is 0.251. The lowest BCUT2D eigenvalue weighted by Gasteiger charge is -2.07. The van der Waals surface area contributed by atoms with Crippen LogP contribution in [0.4, 0.5) is 0 Å². The number of hydrogen-bond donors (Lipinski definition) is 0. The van der Waals surface area contributed by atoms with Crippen molar-refractivity contribution in [3.8, 4) is 0 Å². The molecule has 0 fully saturated rings. The molecule has 0 aromatic carbocycles. The summed E-state index contributed by atoms with van der Waals surface area (Å²) in [5.74, 6) is -0.547. The molecule has 0 saturated heterocycles. The fraction of sp³-hybridized carbons (Fsp3) is 0.500. The molecule has 106 valence electrons. The average molecular weight is 308 g/mol. The van der Waals surface area contributed by atoms with Gasteiger partial charge in [0.1, 0.15) is 16.9 Å². The molecule has 5 nitrogen and oxygen atoms in total. The Morgan fingerprint density at radius 3 is 2.68 bits per heavy atom. The molecule has 1 aromatic rings. The van der Waals surface area contributed by atoms with Gasteiger partial charge >= 0.3 is 5.97 Å². The molecule has 7 heteroatoms. The van der Waals surface area contributed by atoms with E-state index in [1.165, 1.54) is 12.1 Å². The lowest BCUT2D eigenvalue weighted by molar-refractivity contribution is 0.0288. The standard InChI is InChI=1S/C12H15Cl2NO4/c1-17-5-2-6-18-7-8-19-12(16)9-3-4-10(13)15-11(9)14/h3-4H,2,5-8H2,1H3. The van der Waals surface area contributed by atoms with Crippen molar-refractivity contribution in [2.45, 2.75) is 6.42 Å². The maximum Gasteiger partial charge on any atom is 0.341 e. The minimum atomic E-state index is -0.547. The molecule has 0 saturated carbocycles. The third-order valence-corrected chi connectivity index (χ3v) is 2.63. The largest absolute Gasteiger partial charge is 0.460 e. The number of carbonyl (C=O) groups excluding carboxylic acids is 1. The zero-order valence-electron chi connectivity index (χ0n) is 10.5. The summed E-state index contributed by atoms with van der Waals surface area (Å²) in [6.45, 7) is 1.69. The van der Waals surface area contributed by atoms with E-state index in [0.717, 1.165) is 6.42 Å². The zero-order chi connectivity index (χ0) is 14.1. The first-order valence-electron chi connectivity index (χ1n) is 5.71. The van der Waals surface area contributed by atoms with Gasteiger partial charge in [0.05, 0.1) is 12.2 Å². The minimum absolute atomic E-state index is 0.0264. The quantitative estimate of drug-likeness (QED) is 0.420. The second-order valence-electron chi connectivity index (χ2n) is 3.57. The van der Waals surface area contributed by atoms with E-state index in [-0.39, 0.29) is 22.5 Å². The van der Waals surface area contributed by atoms with Crippen molar-refractivity contribution >= 4 is 29.2 Å². The van der Waals surface area contributed by atoms with Gasteiger partial charge < -0.3 is 14.2 Å². The summed E-state index contributed by atoms with van der Waals surface area (Å²) in [7, 11) is 1.63. The van der Waals surface area contributed by atoms with Crippen LogP contribution in [0.25, 0.3) is 0 Å². The zero-order valence-corrected chi connectivity index (χ0v) is 12.0. The van der Waals surface area contributed by atoms with Gasteiger partial charge in [-0.1, -0.05) is 23.2 Å². The van der Waals surface area contributed by atoms with Gasteiger partial charge in [0.25, 0.3) is 0 Å². The molecular formula is C12H15Cl2NO4. The smallest absolute Gasteiger partial charge is 0.341 e. The Hall–Kier alpha value is -0.880. The number of pyridine rings is 1. The SMILES string of the molecule is COCCCOCCOC(=O)c1ccc(Cl)nc1Cl. The number of rotatable bonds is 8. The minimum Gasteiger partial charge on any atom is -0.460 e. The van der Waals surface area contributed by atoms with Crippen LogP contribution in [0.15, 0.2) is 12.1 Å². The topological polar surface area (TPSA) is 57.7 Å². The number of esters is 1. The van der Waals surface area contributed by atoms with Crippen LogP contribution < -0.4 is 0 Å². The normalized spacial score (nSPS) is 10.5. The number of halogens is 2. The number of carbonyl (C=O) groups is 1. The van der Waals surface area contributed by atoms with Crippen LogP contribution in [0.3, 0.4) is 0 Å². The molecule has 0 unspecified atom stereocenters. The van der Waals surface area contributed by atoms with Crippen molar-refractivity contribution in [3.63, 3.8) is 0 Å². The summed E-state index contributed by atoms with van der Waals surface area (Å²) in [5.41, 5.74) is 0.186. The van der Waals surface area contributed by atoms with Crippen LogP contribution in [-0.2, 0) is 14.2 Å². The van der Waals surface area contributed by atoms with Crippen LogP contribution in [0.2, 0.25) is 10.3 Å². The van der Waals surface area contributed by atoms with E-state index in [9.17, 15) is 4.79 Å². The number of aromatic nitrogens is 1. The highest BCUT2D eigenvalue weighted by Crippen LogP contribution is 2.17. The van der Waals surface area contributed by atoms with Crippen LogP contribution in [0.1, 0.15) is 16.8 Å². The highest BCUT2D eigenvalue weighted by atomic mass is 35.5. The Morgan fingerprint density at radius 2 is 2.00 bits per heavy atom. The van der Waals surface area contributed by atoms with Gasteiger partial charge in [-0.15, -0.1) is 0 Å². The van der Waals surface area contributed by atoms with Gasteiger partial charge in [-0.2, -0.15) is 0 Å².